The SMILES string of the molecule is Cc1ccc(NS(=O)(=O)c2ccc(CCO)cc2)c(C)n1. The highest BCUT2D eigenvalue weighted by molar-refractivity contribution is 7.92. The Morgan fingerprint density at radius 1 is 1.10 bits per heavy atom. The Labute approximate surface area is 124 Å². The molecule has 1 aromatic heterocycles. The summed E-state index contributed by atoms with van der Waals surface area (Å²) in [7, 11) is -3.63. The van der Waals surface area contributed by atoms with Crippen molar-refractivity contribution in [2.75, 3.05) is 11.3 Å². The average molecular weight is 306 g/mol. The van der Waals surface area contributed by atoms with Gasteiger partial charge in [0.25, 0.3) is 10.0 Å². The molecule has 5 nitrogen and oxygen atoms in total. The second-order valence-electron chi connectivity index (χ2n) is 4.81. The number of aromatic nitrogens is 1. The Bertz CT molecular complexity index is 725. The van der Waals surface area contributed by atoms with E-state index in [0.29, 0.717) is 17.8 Å². The first-order valence-corrected chi connectivity index (χ1v) is 8.07. The quantitative estimate of drug-likeness (QED) is 0.886. The van der Waals surface area contributed by atoms with Gasteiger partial charge in [0.2, 0.25) is 0 Å². The van der Waals surface area contributed by atoms with Crippen molar-refractivity contribution in [2.45, 2.75) is 25.2 Å². The number of nitrogens with zero attached hydrogens (tertiary/aromatic N) is 1. The minimum Gasteiger partial charge on any atom is -0.396 e. The summed E-state index contributed by atoms with van der Waals surface area (Å²) >= 11 is 0. The van der Waals surface area contributed by atoms with Crippen LogP contribution in [0.5, 0.6) is 0 Å². The van der Waals surface area contributed by atoms with Crippen LogP contribution in [0.2, 0.25) is 0 Å². The van der Waals surface area contributed by atoms with Gasteiger partial charge in [-0.15, -0.1) is 0 Å². The van der Waals surface area contributed by atoms with Gasteiger partial charge in [0.15, 0.2) is 0 Å². The smallest absolute Gasteiger partial charge is 0.261 e. The fourth-order valence-electron chi connectivity index (χ4n) is 1.96. The number of rotatable bonds is 5. The maximum atomic E-state index is 12.3. The zero-order valence-corrected chi connectivity index (χ0v) is 12.8. The molecule has 0 atom stereocenters. The molecule has 0 unspecified atom stereocenters. The summed E-state index contributed by atoms with van der Waals surface area (Å²) in [5.41, 5.74) is 2.84. The molecule has 0 amide bonds. The van der Waals surface area contributed by atoms with Crippen LogP contribution in [0.3, 0.4) is 0 Å². The van der Waals surface area contributed by atoms with Gasteiger partial charge in [-0.05, 0) is 50.1 Å². The molecule has 0 fully saturated rings. The summed E-state index contributed by atoms with van der Waals surface area (Å²) in [5, 5.41) is 8.86. The van der Waals surface area contributed by atoms with Gasteiger partial charge in [0.1, 0.15) is 0 Å². The van der Waals surface area contributed by atoms with Crippen LogP contribution in [-0.4, -0.2) is 25.1 Å². The average Bonchev–Trinajstić information content (AvgIpc) is 2.43. The minimum atomic E-state index is -3.63. The van der Waals surface area contributed by atoms with Crippen molar-refractivity contribution in [3.05, 3.63) is 53.3 Å². The number of hydrogen-bond acceptors (Lipinski definition) is 4. The van der Waals surface area contributed by atoms with E-state index in [1.807, 2.05) is 6.92 Å². The number of nitrogens with one attached hydrogen (secondary N) is 1. The van der Waals surface area contributed by atoms with Crippen LogP contribution in [0.15, 0.2) is 41.3 Å². The molecule has 6 heteroatoms. The van der Waals surface area contributed by atoms with Crippen LogP contribution < -0.4 is 4.72 Å². The first kappa shape index (κ1) is 15.5. The van der Waals surface area contributed by atoms with Gasteiger partial charge in [0.05, 0.1) is 16.3 Å². The zero-order chi connectivity index (χ0) is 15.5. The lowest BCUT2D eigenvalue weighted by Crippen LogP contribution is -2.14. The van der Waals surface area contributed by atoms with E-state index in [0.717, 1.165) is 11.3 Å². The normalized spacial score (nSPS) is 11.4. The molecule has 0 bridgehead atoms. The molecule has 1 heterocycles. The number of pyridine rings is 1. The molecule has 0 aliphatic carbocycles. The molecule has 0 radical (unpaired) electrons. The van der Waals surface area contributed by atoms with E-state index < -0.39 is 10.0 Å². The Kier molecular flexibility index (Phi) is 4.59. The molecule has 0 spiro atoms. The highest BCUT2D eigenvalue weighted by Crippen LogP contribution is 2.19. The number of hydrogen-bond donors (Lipinski definition) is 2. The van der Waals surface area contributed by atoms with Crippen LogP contribution in [-0.2, 0) is 16.4 Å². The van der Waals surface area contributed by atoms with E-state index in [9.17, 15) is 8.42 Å². The van der Waals surface area contributed by atoms with Crippen molar-refractivity contribution < 1.29 is 13.5 Å². The molecule has 112 valence electrons. The van der Waals surface area contributed by atoms with Crippen LogP contribution in [0, 0.1) is 13.8 Å². The first-order chi connectivity index (χ1) is 9.92. The van der Waals surface area contributed by atoms with Crippen molar-refractivity contribution in [3.8, 4) is 0 Å². The summed E-state index contributed by atoms with van der Waals surface area (Å²) in [6.45, 7) is 3.65. The van der Waals surface area contributed by atoms with Crippen LogP contribution >= 0.6 is 0 Å². The van der Waals surface area contributed by atoms with E-state index in [1.165, 1.54) is 12.1 Å². The highest BCUT2D eigenvalue weighted by Gasteiger charge is 2.15. The van der Waals surface area contributed by atoms with Gasteiger partial charge in [-0.3, -0.25) is 9.71 Å². The van der Waals surface area contributed by atoms with Crippen molar-refractivity contribution in [1.82, 2.24) is 4.98 Å². The van der Waals surface area contributed by atoms with E-state index in [-0.39, 0.29) is 11.5 Å². The summed E-state index contributed by atoms with van der Waals surface area (Å²) < 4.78 is 27.2. The van der Waals surface area contributed by atoms with E-state index in [4.69, 9.17) is 5.11 Å². The lowest BCUT2D eigenvalue weighted by atomic mass is 10.2. The van der Waals surface area contributed by atoms with Crippen molar-refractivity contribution in [1.29, 1.82) is 0 Å². The standard InChI is InChI=1S/C15H18N2O3S/c1-11-3-8-15(12(2)16-11)17-21(19,20)14-6-4-13(5-7-14)9-10-18/h3-8,17-18H,9-10H2,1-2H3. The Morgan fingerprint density at radius 2 is 1.76 bits per heavy atom. The summed E-state index contributed by atoms with van der Waals surface area (Å²) in [5.74, 6) is 0. The molecule has 0 saturated carbocycles. The number of aliphatic hydroxyl groups is 1. The molecule has 2 N–H and O–H groups in total. The molecule has 2 aromatic rings. The third-order valence-electron chi connectivity index (χ3n) is 3.10. The summed E-state index contributed by atoms with van der Waals surface area (Å²) in [4.78, 5) is 4.42. The third-order valence-corrected chi connectivity index (χ3v) is 4.48. The summed E-state index contributed by atoms with van der Waals surface area (Å²) in [6, 6.07) is 9.93. The van der Waals surface area contributed by atoms with E-state index >= 15 is 0 Å². The molecule has 2 rings (SSSR count). The predicted molar refractivity (Wildman–Crippen MR) is 81.8 cm³/mol. The van der Waals surface area contributed by atoms with Crippen molar-refractivity contribution in [3.63, 3.8) is 0 Å². The lowest BCUT2D eigenvalue weighted by Gasteiger charge is -2.11. The minimum absolute atomic E-state index is 0.0403. The number of aliphatic hydroxyl groups excluding tert-OH is 1. The molecule has 0 saturated heterocycles. The van der Waals surface area contributed by atoms with Crippen LogP contribution in [0.4, 0.5) is 5.69 Å². The largest absolute Gasteiger partial charge is 0.396 e. The Morgan fingerprint density at radius 3 is 2.33 bits per heavy atom. The van der Waals surface area contributed by atoms with Gasteiger partial charge in [0, 0.05) is 12.3 Å². The highest BCUT2D eigenvalue weighted by atomic mass is 32.2. The molecular weight excluding hydrogens is 288 g/mol. The topological polar surface area (TPSA) is 79.3 Å². The number of aryl methyl sites for hydroxylation is 2. The predicted octanol–water partition coefficient (Wildman–Crippen LogP) is 2.03. The third kappa shape index (κ3) is 3.80. The van der Waals surface area contributed by atoms with Crippen molar-refractivity contribution in [2.24, 2.45) is 0 Å². The molecule has 0 aliphatic rings. The van der Waals surface area contributed by atoms with Gasteiger partial charge < -0.3 is 5.11 Å². The molecule has 21 heavy (non-hydrogen) atoms. The molecule has 0 aliphatic heterocycles. The fraction of sp³-hybridized carbons (Fsp3) is 0.267. The van der Waals surface area contributed by atoms with Gasteiger partial charge in [-0.1, -0.05) is 12.1 Å². The van der Waals surface area contributed by atoms with E-state index in [1.54, 1.807) is 31.2 Å². The van der Waals surface area contributed by atoms with Gasteiger partial charge >= 0.3 is 0 Å². The number of sulfonamides is 1. The monoisotopic (exact) mass is 306 g/mol. The zero-order valence-electron chi connectivity index (χ0n) is 12.0. The number of benzene rings is 1. The summed E-state index contributed by atoms with van der Waals surface area (Å²) in [6.07, 6.45) is 0.509. The van der Waals surface area contributed by atoms with Crippen LogP contribution in [0.25, 0.3) is 0 Å². The second-order valence-corrected chi connectivity index (χ2v) is 6.49. The number of anilines is 1. The van der Waals surface area contributed by atoms with Gasteiger partial charge in [-0.25, -0.2) is 8.42 Å². The Balaban J connectivity index is 2.25. The lowest BCUT2D eigenvalue weighted by molar-refractivity contribution is 0.299. The van der Waals surface area contributed by atoms with Crippen LogP contribution in [0.1, 0.15) is 17.0 Å². The second kappa shape index (κ2) is 6.24. The van der Waals surface area contributed by atoms with Gasteiger partial charge in [-0.2, -0.15) is 0 Å². The maximum absolute atomic E-state index is 12.3. The molecule has 1 aromatic carbocycles. The first-order valence-electron chi connectivity index (χ1n) is 6.59. The van der Waals surface area contributed by atoms with Crippen molar-refractivity contribution >= 4 is 15.7 Å². The van der Waals surface area contributed by atoms with E-state index in [2.05, 4.69) is 9.71 Å². The Hall–Kier alpha value is -1.92. The molecular formula is C15H18N2O3S. The maximum Gasteiger partial charge on any atom is 0.261 e. The fourth-order valence-corrected chi connectivity index (χ4v) is 3.08.